The number of hydrogen-bond acceptors (Lipinski definition) is 5. The molecule has 5 nitrogen and oxygen atoms in total. The van der Waals surface area contributed by atoms with Gasteiger partial charge < -0.3 is 14.5 Å². The Morgan fingerprint density at radius 2 is 2.21 bits per heavy atom. The summed E-state index contributed by atoms with van der Waals surface area (Å²) < 4.78 is 12.0. The maximum Gasteiger partial charge on any atom is 0.253 e. The minimum absolute atomic E-state index is 0.281. The van der Waals surface area contributed by atoms with Gasteiger partial charge in [-0.2, -0.15) is 0 Å². The molecule has 1 aromatic heterocycles. The Morgan fingerprint density at radius 1 is 1.37 bits per heavy atom. The zero-order valence-electron chi connectivity index (χ0n) is 10.9. The molecule has 0 fully saturated rings. The molecular weight excluding hydrogens is 310 g/mol. The first-order valence-electron chi connectivity index (χ1n) is 6.10. The second-order valence-electron chi connectivity index (χ2n) is 4.04. The van der Waals surface area contributed by atoms with E-state index in [1.165, 1.54) is 0 Å². The zero-order valence-corrected chi connectivity index (χ0v) is 12.5. The van der Waals surface area contributed by atoms with Crippen LogP contribution in [0.3, 0.4) is 0 Å². The molecule has 0 saturated heterocycles. The monoisotopic (exact) mass is 325 g/mol. The molecule has 0 aliphatic heterocycles. The molecule has 19 heavy (non-hydrogen) atoms. The smallest absolute Gasteiger partial charge is 0.253 e. The lowest BCUT2D eigenvalue weighted by Gasteiger charge is -2.09. The quantitative estimate of drug-likeness (QED) is 0.884. The Labute approximate surface area is 120 Å². The third-order valence-corrected chi connectivity index (χ3v) is 3.29. The van der Waals surface area contributed by atoms with Gasteiger partial charge in [0.15, 0.2) is 6.61 Å². The van der Waals surface area contributed by atoms with Crippen molar-refractivity contribution in [3.63, 3.8) is 0 Å². The summed E-state index contributed by atoms with van der Waals surface area (Å²) in [5.41, 5.74) is 1.15. The van der Waals surface area contributed by atoms with Crippen LogP contribution in [0, 0.1) is 6.92 Å². The number of halogens is 1. The molecule has 0 amide bonds. The molecule has 0 atom stereocenters. The van der Waals surface area contributed by atoms with Gasteiger partial charge in [-0.25, -0.2) is 0 Å². The average molecular weight is 326 g/mol. The molecule has 0 spiro atoms. The number of rotatable bonds is 6. The van der Waals surface area contributed by atoms with Gasteiger partial charge in [0.05, 0.1) is 0 Å². The van der Waals surface area contributed by atoms with Crippen LogP contribution in [0.15, 0.2) is 27.1 Å². The van der Waals surface area contributed by atoms with Gasteiger partial charge >= 0.3 is 0 Å². The van der Waals surface area contributed by atoms with Crippen molar-refractivity contribution in [2.45, 2.75) is 27.0 Å². The topological polar surface area (TPSA) is 60.2 Å². The van der Waals surface area contributed by atoms with E-state index in [1.807, 2.05) is 18.2 Å². The van der Waals surface area contributed by atoms with Crippen molar-refractivity contribution < 1.29 is 9.15 Å². The van der Waals surface area contributed by atoms with Crippen LogP contribution in [0.25, 0.3) is 0 Å². The van der Waals surface area contributed by atoms with E-state index in [4.69, 9.17) is 9.15 Å². The highest BCUT2D eigenvalue weighted by Crippen LogP contribution is 2.23. The third-order valence-electron chi connectivity index (χ3n) is 2.51. The van der Waals surface area contributed by atoms with Crippen molar-refractivity contribution in [1.82, 2.24) is 15.5 Å². The van der Waals surface area contributed by atoms with Crippen LogP contribution in [0.2, 0.25) is 0 Å². The van der Waals surface area contributed by atoms with E-state index >= 15 is 0 Å². The van der Waals surface area contributed by atoms with Crippen molar-refractivity contribution in [3.8, 4) is 5.75 Å². The predicted molar refractivity (Wildman–Crippen MR) is 74.9 cm³/mol. The first-order valence-corrected chi connectivity index (χ1v) is 6.89. The van der Waals surface area contributed by atoms with Gasteiger partial charge in [0.1, 0.15) is 5.75 Å². The van der Waals surface area contributed by atoms with Crippen molar-refractivity contribution >= 4 is 15.9 Å². The van der Waals surface area contributed by atoms with E-state index in [2.05, 4.69) is 38.4 Å². The van der Waals surface area contributed by atoms with Crippen LogP contribution >= 0.6 is 15.9 Å². The second-order valence-corrected chi connectivity index (χ2v) is 4.89. The van der Waals surface area contributed by atoms with E-state index in [9.17, 15) is 0 Å². The first-order chi connectivity index (χ1) is 9.19. The second kappa shape index (κ2) is 6.68. The largest absolute Gasteiger partial charge is 0.484 e. The molecule has 102 valence electrons. The Balaban J connectivity index is 2.00. The molecule has 1 N–H and O–H groups in total. The Morgan fingerprint density at radius 3 is 2.89 bits per heavy atom. The summed E-state index contributed by atoms with van der Waals surface area (Å²) in [5.74, 6) is 1.81. The minimum atomic E-state index is 0.281. The fourth-order valence-electron chi connectivity index (χ4n) is 1.58. The summed E-state index contributed by atoms with van der Waals surface area (Å²) in [6.45, 7) is 5.84. The number of aryl methyl sites for hydroxylation is 1. The maximum atomic E-state index is 5.64. The van der Waals surface area contributed by atoms with Crippen LogP contribution in [0.4, 0.5) is 0 Å². The van der Waals surface area contributed by atoms with Crippen LogP contribution in [-0.2, 0) is 13.2 Å². The van der Waals surface area contributed by atoms with E-state index in [-0.39, 0.29) is 6.61 Å². The molecular formula is C13H16BrN3O2. The predicted octanol–water partition coefficient (Wildman–Crippen LogP) is 2.83. The molecule has 1 heterocycles. The molecule has 0 unspecified atom stereocenters. The van der Waals surface area contributed by atoms with E-state index < -0.39 is 0 Å². The van der Waals surface area contributed by atoms with Gasteiger partial charge in [0.2, 0.25) is 5.89 Å². The van der Waals surface area contributed by atoms with Gasteiger partial charge in [-0.1, -0.05) is 22.9 Å². The van der Waals surface area contributed by atoms with Crippen molar-refractivity contribution in [3.05, 3.63) is 40.0 Å². The summed E-state index contributed by atoms with van der Waals surface area (Å²) in [4.78, 5) is 0. The first kappa shape index (κ1) is 14.0. The van der Waals surface area contributed by atoms with Crippen LogP contribution < -0.4 is 10.1 Å². The highest BCUT2D eigenvalue weighted by Gasteiger charge is 2.05. The molecule has 0 radical (unpaired) electrons. The van der Waals surface area contributed by atoms with Crippen LogP contribution in [0.1, 0.15) is 24.3 Å². The zero-order chi connectivity index (χ0) is 13.7. The van der Waals surface area contributed by atoms with E-state index in [0.29, 0.717) is 11.8 Å². The number of aromatic nitrogens is 2. The summed E-state index contributed by atoms with van der Waals surface area (Å²) >= 11 is 3.52. The van der Waals surface area contributed by atoms with Crippen molar-refractivity contribution in [1.29, 1.82) is 0 Å². The molecule has 1 aromatic carbocycles. The number of nitrogens with one attached hydrogen (secondary N) is 1. The summed E-state index contributed by atoms with van der Waals surface area (Å²) in [6, 6.07) is 5.87. The van der Waals surface area contributed by atoms with Gasteiger partial charge in [-0.3, -0.25) is 0 Å². The summed E-state index contributed by atoms with van der Waals surface area (Å²) in [6.07, 6.45) is 0. The summed E-state index contributed by atoms with van der Waals surface area (Å²) in [5, 5.41) is 10.9. The summed E-state index contributed by atoms with van der Waals surface area (Å²) in [7, 11) is 0. The van der Waals surface area contributed by atoms with Crippen molar-refractivity contribution in [2.75, 3.05) is 6.54 Å². The molecule has 2 aromatic rings. The molecule has 0 saturated carbocycles. The van der Waals surface area contributed by atoms with Gasteiger partial charge in [-0.15, -0.1) is 10.2 Å². The van der Waals surface area contributed by atoms with Crippen LogP contribution in [0.5, 0.6) is 5.75 Å². The van der Waals surface area contributed by atoms with Crippen LogP contribution in [-0.4, -0.2) is 16.7 Å². The van der Waals surface area contributed by atoms with E-state index in [1.54, 1.807) is 6.92 Å². The molecule has 0 bridgehead atoms. The average Bonchev–Trinajstić information content (AvgIpc) is 2.82. The van der Waals surface area contributed by atoms with Gasteiger partial charge in [0, 0.05) is 17.9 Å². The third kappa shape index (κ3) is 4.04. The highest BCUT2D eigenvalue weighted by molar-refractivity contribution is 9.10. The van der Waals surface area contributed by atoms with Gasteiger partial charge in [-0.05, 0) is 30.3 Å². The normalized spacial score (nSPS) is 10.7. The number of benzene rings is 1. The fourth-order valence-corrected chi connectivity index (χ4v) is 1.96. The SMILES string of the molecule is CCNCc1cc(OCc2nnc(C)o2)ccc1Br. The standard InChI is InChI=1S/C13H16BrN3O2/c1-3-15-7-10-6-11(4-5-12(10)14)18-8-13-17-16-9(2)19-13/h4-6,15H,3,7-8H2,1-2H3. The van der Waals surface area contributed by atoms with Crippen molar-refractivity contribution in [2.24, 2.45) is 0 Å². The number of nitrogens with zero attached hydrogens (tertiary/aromatic N) is 2. The highest BCUT2D eigenvalue weighted by atomic mass is 79.9. The number of ether oxygens (including phenoxy) is 1. The maximum absolute atomic E-state index is 5.64. The minimum Gasteiger partial charge on any atom is -0.484 e. The Bertz CT molecular complexity index is 542. The van der Waals surface area contributed by atoms with E-state index in [0.717, 1.165) is 28.9 Å². The van der Waals surface area contributed by atoms with Gasteiger partial charge in [0.25, 0.3) is 5.89 Å². The lowest BCUT2D eigenvalue weighted by atomic mass is 10.2. The Kier molecular flexibility index (Phi) is 4.93. The molecule has 0 aliphatic carbocycles. The number of hydrogen-bond donors (Lipinski definition) is 1. The molecule has 6 heteroatoms. The molecule has 2 rings (SSSR count). The Hall–Kier alpha value is -1.40. The lowest BCUT2D eigenvalue weighted by Crippen LogP contribution is -2.12. The molecule has 0 aliphatic rings. The lowest BCUT2D eigenvalue weighted by molar-refractivity contribution is 0.260. The fraction of sp³-hybridized carbons (Fsp3) is 0.385.